The Kier molecular flexibility index (Phi) is 10.3. The van der Waals surface area contributed by atoms with Gasteiger partial charge in [0, 0.05) is 49.4 Å². The van der Waals surface area contributed by atoms with Crippen molar-refractivity contribution in [3.05, 3.63) is 100.0 Å². The lowest BCUT2D eigenvalue weighted by atomic mass is 9.89. The van der Waals surface area contributed by atoms with Gasteiger partial charge in [-0.25, -0.2) is 4.79 Å². The molecule has 0 bridgehead atoms. The molecule has 0 radical (unpaired) electrons. The number of aromatic amines is 1. The maximum atomic E-state index is 13.1. The molecule has 276 valence electrons. The lowest BCUT2D eigenvalue weighted by molar-refractivity contribution is -0.276. The smallest absolute Gasteiger partial charge is 0.392 e. The van der Waals surface area contributed by atoms with E-state index < -0.39 is 30.3 Å². The summed E-state index contributed by atoms with van der Waals surface area (Å²) in [5, 5.41) is 12.3. The van der Waals surface area contributed by atoms with Gasteiger partial charge in [0.25, 0.3) is 0 Å². The number of amides is 2. The summed E-state index contributed by atoms with van der Waals surface area (Å²) in [5.74, 6) is -2.73. The van der Waals surface area contributed by atoms with Crippen molar-refractivity contribution in [3.8, 4) is 0 Å². The number of halogens is 3. The second kappa shape index (κ2) is 14.9. The minimum absolute atomic E-state index is 0.0440. The molecule has 4 heterocycles. The lowest BCUT2D eigenvalue weighted by Gasteiger charge is -2.44. The number of anilines is 1. The molecule has 0 spiro atoms. The first kappa shape index (κ1) is 35.9. The van der Waals surface area contributed by atoms with E-state index in [-0.39, 0.29) is 49.4 Å². The highest BCUT2D eigenvalue weighted by molar-refractivity contribution is 5.98. The van der Waals surface area contributed by atoms with Crippen molar-refractivity contribution in [2.24, 2.45) is 5.92 Å². The van der Waals surface area contributed by atoms with Crippen LogP contribution in [-0.2, 0) is 25.7 Å². The predicted molar refractivity (Wildman–Crippen MR) is 186 cm³/mol. The Morgan fingerprint density at radius 1 is 0.923 bits per heavy atom. The fraction of sp³-hybridized carbons (Fsp3) is 0.447. The van der Waals surface area contributed by atoms with Gasteiger partial charge in [-0.3, -0.25) is 14.2 Å². The number of benzene rings is 3. The molecule has 3 fully saturated rings. The first-order chi connectivity index (χ1) is 25.0. The number of ether oxygens (including phenoxy) is 2. The average molecular weight is 722 g/mol. The van der Waals surface area contributed by atoms with E-state index in [0.717, 1.165) is 48.1 Å². The molecule has 3 saturated heterocycles. The summed E-state index contributed by atoms with van der Waals surface area (Å²) in [7, 11) is 0. The van der Waals surface area contributed by atoms with Crippen LogP contribution in [0.15, 0.2) is 77.6 Å². The Balaban J connectivity index is 1.05. The van der Waals surface area contributed by atoms with E-state index in [9.17, 15) is 32.7 Å². The summed E-state index contributed by atoms with van der Waals surface area (Å²) in [6.07, 6.45) is -4.30. The van der Waals surface area contributed by atoms with Gasteiger partial charge in [-0.2, -0.15) is 13.2 Å². The van der Waals surface area contributed by atoms with Crippen LogP contribution in [0.25, 0.3) is 11.0 Å². The Bertz CT molecular complexity index is 1940. The molecule has 2 amide bonds. The first-order valence-corrected chi connectivity index (χ1v) is 17.7. The zero-order valence-electron chi connectivity index (χ0n) is 28.7. The number of H-pyrrole nitrogens is 1. The van der Waals surface area contributed by atoms with Crippen molar-refractivity contribution < 1.29 is 37.3 Å². The van der Waals surface area contributed by atoms with Crippen LogP contribution in [0.5, 0.6) is 0 Å². The quantitative estimate of drug-likeness (QED) is 0.221. The molecule has 0 saturated carbocycles. The highest BCUT2D eigenvalue weighted by Gasteiger charge is 2.48. The second-order valence-corrected chi connectivity index (χ2v) is 13.9. The number of aromatic nitrogens is 2. The molecule has 3 N–H and O–H groups in total. The maximum Gasteiger partial charge on any atom is 0.471 e. The second-order valence-electron chi connectivity index (χ2n) is 13.9. The molecule has 52 heavy (non-hydrogen) atoms. The third-order valence-electron chi connectivity index (χ3n) is 10.6. The minimum Gasteiger partial charge on any atom is -0.392 e. The lowest BCUT2D eigenvalue weighted by Crippen LogP contribution is -2.48. The van der Waals surface area contributed by atoms with Gasteiger partial charge >= 0.3 is 17.8 Å². The molecular formula is C38H42F3N5O6. The van der Waals surface area contributed by atoms with E-state index in [4.69, 9.17) is 9.47 Å². The van der Waals surface area contributed by atoms with Gasteiger partial charge in [-0.05, 0) is 61.1 Å². The number of carbonyl (C=O) groups excluding carboxylic acids is 2. The summed E-state index contributed by atoms with van der Waals surface area (Å²) in [6.45, 7) is 4.11. The van der Waals surface area contributed by atoms with Crippen LogP contribution in [0.2, 0.25) is 0 Å². The average Bonchev–Trinajstić information content (AvgIpc) is 3.77. The van der Waals surface area contributed by atoms with Gasteiger partial charge in [0.1, 0.15) is 6.04 Å². The molecular weight excluding hydrogens is 679 g/mol. The Morgan fingerprint density at radius 2 is 1.62 bits per heavy atom. The molecule has 0 aliphatic carbocycles. The zero-order valence-corrected chi connectivity index (χ0v) is 28.7. The number of nitrogens with one attached hydrogen (secondary N) is 2. The topological polar surface area (TPSA) is 129 Å². The van der Waals surface area contributed by atoms with E-state index in [1.165, 1.54) is 0 Å². The van der Waals surface area contributed by atoms with Crippen LogP contribution in [0, 0.1) is 5.92 Å². The third kappa shape index (κ3) is 7.38. The number of carbonyl (C=O) groups is 2. The molecule has 4 aromatic rings. The number of fused-ring (bicyclic) bond motifs is 1. The summed E-state index contributed by atoms with van der Waals surface area (Å²) >= 11 is 0. The minimum atomic E-state index is -5.05. The van der Waals surface area contributed by atoms with Gasteiger partial charge < -0.3 is 34.7 Å². The maximum absolute atomic E-state index is 13.1. The first-order valence-electron chi connectivity index (χ1n) is 17.7. The van der Waals surface area contributed by atoms with Crippen molar-refractivity contribution in [2.45, 2.75) is 76.0 Å². The van der Waals surface area contributed by atoms with Gasteiger partial charge in [0.05, 0.1) is 29.8 Å². The van der Waals surface area contributed by atoms with Crippen molar-refractivity contribution in [3.63, 3.8) is 0 Å². The van der Waals surface area contributed by atoms with Crippen molar-refractivity contribution in [2.75, 3.05) is 31.5 Å². The molecule has 7 rings (SSSR count). The largest absolute Gasteiger partial charge is 0.471 e. The van der Waals surface area contributed by atoms with E-state index in [2.05, 4.69) is 22.1 Å². The normalized spacial score (nSPS) is 24.7. The highest BCUT2D eigenvalue weighted by atomic mass is 19.4. The highest BCUT2D eigenvalue weighted by Crippen LogP contribution is 2.42. The number of likely N-dealkylation sites (tertiary alicyclic amines) is 2. The number of alkyl halides is 3. The number of para-hydroxylation sites is 2. The fourth-order valence-corrected chi connectivity index (χ4v) is 7.77. The Hall–Kier alpha value is -4.50. The standard InChI is InChI=1S/C38H42F3N5O6/c1-23-32(21-44-19-16-28(17-20-44)46-30-6-3-2-5-29(30)43-37(46)50)51-35(52-33(23)25-10-8-24(22-47)9-11-25)26-12-14-27(15-13-26)42-34(48)31-7-4-18-45(31)36(49)38(39,40)41/h2-3,5-6,8-15,23,28,31-33,35,47H,4,7,16-22H2,1H3,(H,42,48)(H,43,50). The molecule has 5 unspecified atom stereocenters. The fourth-order valence-electron chi connectivity index (χ4n) is 7.77. The summed E-state index contributed by atoms with van der Waals surface area (Å²) < 4.78 is 54.4. The van der Waals surface area contributed by atoms with Crippen molar-refractivity contribution >= 4 is 28.5 Å². The number of piperidine rings is 1. The Morgan fingerprint density at radius 3 is 2.31 bits per heavy atom. The monoisotopic (exact) mass is 721 g/mol. The van der Waals surface area contributed by atoms with Crippen molar-refractivity contribution in [1.29, 1.82) is 0 Å². The molecule has 5 atom stereocenters. The Labute approximate surface area is 298 Å². The molecule has 3 aromatic carbocycles. The third-order valence-corrected chi connectivity index (χ3v) is 10.6. The van der Waals surface area contributed by atoms with Gasteiger partial charge in [-0.1, -0.05) is 55.5 Å². The van der Waals surface area contributed by atoms with Crippen LogP contribution in [0.1, 0.15) is 67.7 Å². The number of imidazole rings is 1. The SMILES string of the molecule is CC1C(CN2CCC(n3c(=O)[nH]c4ccccc43)CC2)OC(c2ccc(NC(=O)C3CCCN3C(=O)C(F)(F)F)cc2)OC1c1ccc(CO)cc1. The summed E-state index contributed by atoms with van der Waals surface area (Å²) in [4.78, 5) is 43.6. The number of nitrogens with zero attached hydrogens (tertiary/aromatic N) is 3. The van der Waals surface area contributed by atoms with Gasteiger partial charge in [0.2, 0.25) is 5.91 Å². The zero-order chi connectivity index (χ0) is 36.6. The molecule has 14 heteroatoms. The van der Waals surface area contributed by atoms with Crippen LogP contribution in [0.3, 0.4) is 0 Å². The van der Waals surface area contributed by atoms with Crippen LogP contribution < -0.4 is 11.0 Å². The number of hydrogen-bond acceptors (Lipinski definition) is 7. The molecule has 3 aliphatic heterocycles. The molecule has 3 aliphatic rings. The van der Waals surface area contributed by atoms with Crippen LogP contribution in [-0.4, -0.2) is 80.8 Å². The van der Waals surface area contributed by atoms with E-state index in [0.29, 0.717) is 29.1 Å². The summed E-state index contributed by atoms with van der Waals surface area (Å²) in [5.41, 5.74) is 4.44. The van der Waals surface area contributed by atoms with Crippen LogP contribution in [0.4, 0.5) is 18.9 Å². The number of aliphatic hydroxyl groups is 1. The predicted octanol–water partition coefficient (Wildman–Crippen LogP) is 5.44. The summed E-state index contributed by atoms with van der Waals surface area (Å²) in [6, 6.07) is 21.0. The number of hydrogen-bond donors (Lipinski definition) is 3. The van der Waals surface area contributed by atoms with Gasteiger partial charge in [-0.15, -0.1) is 0 Å². The molecule has 1 aromatic heterocycles. The van der Waals surface area contributed by atoms with Crippen molar-refractivity contribution in [1.82, 2.24) is 19.4 Å². The van der Waals surface area contributed by atoms with Crippen LogP contribution >= 0.6 is 0 Å². The molecule has 11 nitrogen and oxygen atoms in total. The van der Waals surface area contributed by atoms with E-state index >= 15 is 0 Å². The van der Waals surface area contributed by atoms with Gasteiger partial charge in [0.15, 0.2) is 6.29 Å². The van der Waals surface area contributed by atoms with E-state index in [1.807, 2.05) is 53.1 Å². The number of rotatable bonds is 8. The van der Waals surface area contributed by atoms with E-state index in [1.54, 1.807) is 24.3 Å². The number of aliphatic hydroxyl groups excluding tert-OH is 1.